The third-order valence-corrected chi connectivity index (χ3v) is 6.27. The van der Waals surface area contributed by atoms with Crippen LogP contribution in [0.2, 0.25) is 0 Å². The van der Waals surface area contributed by atoms with Gasteiger partial charge in [-0.1, -0.05) is 24.0 Å². The number of carbonyl (C=O) groups excluding carboxylic acids is 1. The molecule has 1 fully saturated rings. The van der Waals surface area contributed by atoms with Gasteiger partial charge in [0.15, 0.2) is 0 Å². The van der Waals surface area contributed by atoms with Gasteiger partial charge in [-0.25, -0.2) is 0 Å². The van der Waals surface area contributed by atoms with E-state index in [4.69, 9.17) is 17.3 Å². The Morgan fingerprint density at radius 1 is 1.57 bits per heavy atom. The van der Waals surface area contributed by atoms with Crippen LogP contribution in [0.15, 0.2) is 20.6 Å². The zero-order valence-electron chi connectivity index (χ0n) is 11.2. The third-order valence-electron chi connectivity index (χ3n) is 2.78. The summed E-state index contributed by atoms with van der Waals surface area (Å²) in [5, 5.41) is 10.6. The fraction of sp³-hybridized carbons (Fsp3) is 0.308. The van der Waals surface area contributed by atoms with Gasteiger partial charge in [0.25, 0.3) is 5.91 Å². The zero-order valence-corrected chi connectivity index (χ0v) is 14.5. The summed E-state index contributed by atoms with van der Waals surface area (Å²) in [5.74, 6) is -0.993. The first-order chi connectivity index (χ1) is 10.0. The fourth-order valence-corrected chi connectivity index (χ4v) is 4.62. The van der Waals surface area contributed by atoms with Gasteiger partial charge in [0, 0.05) is 18.5 Å². The van der Waals surface area contributed by atoms with Crippen molar-refractivity contribution in [2.24, 2.45) is 0 Å². The number of carbonyl (C=O) groups is 2. The van der Waals surface area contributed by atoms with Crippen LogP contribution in [0, 0.1) is 0 Å². The Balaban J connectivity index is 2.09. The summed E-state index contributed by atoms with van der Waals surface area (Å²) in [4.78, 5) is 24.9. The monoisotopic (exact) mass is 359 g/mol. The lowest BCUT2D eigenvalue weighted by molar-refractivity contribution is -0.137. The number of thioether (sulfide) groups is 2. The van der Waals surface area contributed by atoms with E-state index in [2.05, 4.69) is 0 Å². The van der Waals surface area contributed by atoms with E-state index in [0.717, 1.165) is 9.77 Å². The first-order valence-electron chi connectivity index (χ1n) is 6.11. The molecule has 0 unspecified atom stereocenters. The second kappa shape index (κ2) is 7.44. The van der Waals surface area contributed by atoms with Gasteiger partial charge in [-0.05, 0) is 30.2 Å². The lowest BCUT2D eigenvalue weighted by atomic mass is 10.2. The summed E-state index contributed by atoms with van der Waals surface area (Å²) in [6, 6.07) is 1.98. The second-order valence-electron chi connectivity index (χ2n) is 4.20. The van der Waals surface area contributed by atoms with Gasteiger partial charge in [0.2, 0.25) is 0 Å². The standard InChI is InChI=1S/C13H13NO3S4/c1-19-12-8(4-6-20-12)7-9-11(17)14(13(18)21-9)5-2-3-10(15)16/h4,6-7H,2-3,5H2,1H3,(H,15,16). The molecular formula is C13H13NO3S4. The molecular weight excluding hydrogens is 346 g/mol. The molecule has 1 saturated heterocycles. The number of hydrogen-bond acceptors (Lipinski definition) is 6. The minimum absolute atomic E-state index is 0.0389. The van der Waals surface area contributed by atoms with Gasteiger partial charge in [-0.2, -0.15) is 0 Å². The number of thiocarbonyl (C=S) groups is 1. The quantitative estimate of drug-likeness (QED) is 0.476. The first-order valence-corrected chi connectivity index (χ1v) is 9.44. The Labute approximate surface area is 140 Å². The minimum atomic E-state index is -0.862. The van der Waals surface area contributed by atoms with Crippen LogP contribution in [0.3, 0.4) is 0 Å². The van der Waals surface area contributed by atoms with E-state index < -0.39 is 5.97 Å². The maximum Gasteiger partial charge on any atom is 0.303 e. The van der Waals surface area contributed by atoms with E-state index in [1.165, 1.54) is 16.7 Å². The molecule has 2 rings (SSSR count). The van der Waals surface area contributed by atoms with Crippen molar-refractivity contribution in [3.8, 4) is 0 Å². The average Bonchev–Trinajstić information content (AvgIpc) is 2.98. The number of hydrogen-bond donors (Lipinski definition) is 1. The first kappa shape index (κ1) is 16.5. The normalized spacial score (nSPS) is 17.0. The maximum absolute atomic E-state index is 12.3. The van der Waals surface area contributed by atoms with Crippen LogP contribution >= 0.6 is 47.1 Å². The predicted molar refractivity (Wildman–Crippen MR) is 92.8 cm³/mol. The SMILES string of the molecule is CSc1sccc1C=C1SC(=S)N(CCCC(=O)O)C1=O. The largest absolute Gasteiger partial charge is 0.481 e. The number of carboxylic acid groups (broad SMARTS) is 1. The molecule has 112 valence electrons. The van der Waals surface area contributed by atoms with Gasteiger partial charge in [-0.3, -0.25) is 14.5 Å². The van der Waals surface area contributed by atoms with Crippen LogP contribution in [-0.2, 0) is 9.59 Å². The Hall–Kier alpha value is -0.830. The highest BCUT2D eigenvalue weighted by molar-refractivity contribution is 8.26. The van der Waals surface area contributed by atoms with Gasteiger partial charge in [-0.15, -0.1) is 23.1 Å². The topological polar surface area (TPSA) is 57.6 Å². The Kier molecular flexibility index (Phi) is 5.86. The van der Waals surface area contributed by atoms with Crippen molar-refractivity contribution in [3.05, 3.63) is 21.9 Å². The van der Waals surface area contributed by atoms with E-state index >= 15 is 0 Å². The Morgan fingerprint density at radius 3 is 3.00 bits per heavy atom. The molecule has 1 aliphatic rings. The summed E-state index contributed by atoms with van der Waals surface area (Å²) in [6.07, 6.45) is 4.31. The molecule has 0 aromatic carbocycles. The summed E-state index contributed by atoms with van der Waals surface area (Å²) >= 11 is 9.77. The van der Waals surface area contributed by atoms with Crippen LogP contribution in [0.1, 0.15) is 18.4 Å². The van der Waals surface area contributed by atoms with Crippen LogP contribution in [0.25, 0.3) is 6.08 Å². The molecule has 1 amide bonds. The molecule has 0 saturated carbocycles. The molecule has 1 aliphatic heterocycles. The van der Waals surface area contributed by atoms with Gasteiger partial charge >= 0.3 is 5.97 Å². The molecule has 0 bridgehead atoms. The summed E-state index contributed by atoms with van der Waals surface area (Å²) in [5.41, 5.74) is 1.03. The van der Waals surface area contributed by atoms with Gasteiger partial charge in [0.05, 0.1) is 9.11 Å². The average molecular weight is 360 g/mol. The molecule has 4 nitrogen and oxygen atoms in total. The Bertz CT molecular complexity index is 608. The van der Waals surface area contributed by atoms with Crippen molar-refractivity contribution in [2.45, 2.75) is 17.1 Å². The van der Waals surface area contributed by atoms with Crippen LogP contribution in [-0.4, -0.2) is 39.0 Å². The number of aliphatic carboxylic acids is 1. The summed E-state index contributed by atoms with van der Waals surface area (Å²) in [6.45, 7) is 0.354. The maximum atomic E-state index is 12.3. The van der Waals surface area contributed by atoms with Crippen molar-refractivity contribution < 1.29 is 14.7 Å². The van der Waals surface area contributed by atoms with Crippen LogP contribution < -0.4 is 0 Å². The fourth-order valence-electron chi connectivity index (χ4n) is 1.80. The van der Waals surface area contributed by atoms with Crippen molar-refractivity contribution in [1.29, 1.82) is 0 Å². The molecule has 0 radical (unpaired) electrons. The smallest absolute Gasteiger partial charge is 0.303 e. The van der Waals surface area contributed by atoms with Crippen LogP contribution in [0.4, 0.5) is 0 Å². The molecule has 2 heterocycles. The zero-order chi connectivity index (χ0) is 15.4. The number of nitrogens with zero attached hydrogens (tertiary/aromatic N) is 1. The molecule has 8 heteroatoms. The van der Waals surface area contributed by atoms with Gasteiger partial charge < -0.3 is 5.11 Å². The number of amides is 1. The number of thiophene rings is 1. The highest BCUT2D eigenvalue weighted by atomic mass is 32.2. The van der Waals surface area contributed by atoms with E-state index in [0.29, 0.717) is 22.2 Å². The molecule has 1 aromatic rings. The summed E-state index contributed by atoms with van der Waals surface area (Å²) in [7, 11) is 0. The van der Waals surface area contributed by atoms with Crippen molar-refractivity contribution in [3.63, 3.8) is 0 Å². The van der Waals surface area contributed by atoms with Crippen LogP contribution in [0.5, 0.6) is 0 Å². The van der Waals surface area contributed by atoms with Crippen molar-refractivity contribution in [2.75, 3.05) is 12.8 Å². The molecule has 21 heavy (non-hydrogen) atoms. The highest BCUT2D eigenvalue weighted by Crippen LogP contribution is 2.35. The molecule has 1 N–H and O–H groups in total. The molecule has 0 spiro atoms. The highest BCUT2D eigenvalue weighted by Gasteiger charge is 2.31. The Morgan fingerprint density at radius 2 is 2.33 bits per heavy atom. The lowest BCUT2D eigenvalue weighted by Gasteiger charge is -2.13. The minimum Gasteiger partial charge on any atom is -0.481 e. The van der Waals surface area contributed by atoms with Crippen molar-refractivity contribution >= 4 is 69.4 Å². The van der Waals surface area contributed by atoms with E-state index in [-0.39, 0.29) is 12.3 Å². The lowest BCUT2D eigenvalue weighted by Crippen LogP contribution is -2.29. The van der Waals surface area contributed by atoms with Gasteiger partial charge in [0.1, 0.15) is 4.32 Å². The summed E-state index contributed by atoms with van der Waals surface area (Å²) < 4.78 is 1.66. The van der Waals surface area contributed by atoms with E-state index in [9.17, 15) is 9.59 Å². The second-order valence-corrected chi connectivity index (χ2v) is 7.86. The molecule has 1 aromatic heterocycles. The van der Waals surface area contributed by atoms with Crippen molar-refractivity contribution in [1.82, 2.24) is 4.90 Å². The predicted octanol–water partition coefficient (Wildman–Crippen LogP) is 3.54. The third kappa shape index (κ3) is 4.09. The number of carboxylic acids is 1. The number of rotatable bonds is 6. The van der Waals surface area contributed by atoms with E-state index in [1.54, 1.807) is 23.1 Å². The molecule has 0 atom stereocenters. The van der Waals surface area contributed by atoms with E-state index in [1.807, 2.05) is 23.8 Å². The molecule has 0 aliphatic carbocycles.